The van der Waals surface area contributed by atoms with Gasteiger partial charge in [-0.05, 0) is 42.0 Å². The largest absolute Gasteiger partial charge is 0.496 e. The van der Waals surface area contributed by atoms with Crippen molar-refractivity contribution in [3.63, 3.8) is 0 Å². The van der Waals surface area contributed by atoms with Crippen LogP contribution < -0.4 is 9.47 Å². The average Bonchev–Trinajstić information content (AvgIpc) is 2.56. The number of hydrogen-bond acceptors (Lipinski definition) is 2. The third-order valence-electron chi connectivity index (χ3n) is 4.70. The molecule has 0 heterocycles. The van der Waals surface area contributed by atoms with Crippen LogP contribution in [-0.4, -0.2) is 14.2 Å². The van der Waals surface area contributed by atoms with Crippen molar-refractivity contribution in [1.29, 1.82) is 0 Å². The molecule has 0 saturated heterocycles. The van der Waals surface area contributed by atoms with Gasteiger partial charge in [0.25, 0.3) is 0 Å². The van der Waals surface area contributed by atoms with E-state index in [1.807, 2.05) is 18.2 Å². The standard InChI is InChI=1S/C20H25ClO2/c1-7-20(3,4)15-12-11-14(19(21)13(15)2)18-16(22-5)9-8-10-17(18)23-6/h8-12H,7H2,1-6H3. The minimum Gasteiger partial charge on any atom is -0.496 e. The summed E-state index contributed by atoms with van der Waals surface area (Å²) in [6.07, 6.45) is 1.06. The van der Waals surface area contributed by atoms with E-state index in [1.165, 1.54) is 5.56 Å². The Hall–Kier alpha value is -1.67. The normalized spacial score (nSPS) is 11.4. The molecule has 0 unspecified atom stereocenters. The molecule has 0 aromatic heterocycles. The molecule has 2 rings (SSSR count). The van der Waals surface area contributed by atoms with Gasteiger partial charge in [-0.15, -0.1) is 0 Å². The minimum absolute atomic E-state index is 0.0944. The fourth-order valence-electron chi connectivity index (χ4n) is 2.92. The second kappa shape index (κ2) is 6.84. The summed E-state index contributed by atoms with van der Waals surface area (Å²) in [7, 11) is 3.32. The number of rotatable bonds is 5. The quantitative estimate of drug-likeness (QED) is 0.666. The third kappa shape index (κ3) is 3.18. The van der Waals surface area contributed by atoms with Gasteiger partial charge in [0.05, 0.1) is 24.8 Å². The predicted molar refractivity (Wildman–Crippen MR) is 98.0 cm³/mol. The first-order chi connectivity index (χ1) is 10.9. The zero-order chi connectivity index (χ0) is 17.2. The molecule has 0 N–H and O–H groups in total. The molecule has 2 aromatic carbocycles. The predicted octanol–water partition coefficient (Wildman–Crippen LogP) is 6.02. The first kappa shape index (κ1) is 17.7. The van der Waals surface area contributed by atoms with Crippen LogP contribution in [0.15, 0.2) is 30.3 Å². The van der Waals surface area contributed by atoms with Crippen molar-refractivity contribution in [2.45, 2.75) is 39.5 Å². The number of ether oxygens (including phenoxy) is 2. The molecular formula is C20H25ClO2. The lowest BCUT2D eigenvalue weighted by atomic mass is 9.79. The molecule has 0 saturated carbocycles. The fourth-order valence-corrected chi connectivity index (χ4v) is 3.18. The molecule has 0 aliphatic heterocycles. The van der Waals surface area contributed by atoms with E-state index < -0.39 is 0 Å². The summed E-state index contributed by atoms with van der Waals surface area (Å²) >= 11 is 6.74. The summed E-state index contributed by atoms with van der Waals surface area (Å²) in [5.41, 5.74) is 4.32. The molecule has 2 aromatic rings. The minimum atomic E-state index is 0.0944. The highest BCUT2D eigenvalue weighted by Gasteiger charge is 2.24. The van der Waals surface area contributed by atoms with Crippen LogP contribution in [0, 0.1) is 6.92 Å². The van der Waals surface area contributed by atoms with Gasteiger partial charge in [-0.25, -0.2) is 0 Å². The van der Waals surface area contributed by atoms with Crippen molar-refractivity contribution in [2.24, 2.45) is 0 Å². The summed E-state index contributed by atoms with van der Waals surface area (Å²) in [5, 5.41) is 0.756. The van der Waals surface area contributed by atoms with Gasteiger partial charge in [0.1, 0.15) is 11.5 Å². The van der Waals surface area contributed by atoms with Crippen molar-refractivity contribution >= 4 is 11.6 Å². The summed E-state index contributed by atoms with van der Waals surface area (Å²) in [4.78, 5) is 0. The molecule has 124 valence electrons. The van der Waals surface area contributed by atoms with E-state index in [4.69, 9.17) is 21.1 Å². The molecule has 0 radical (unpaired) electrons. The highest BCUT2D eigenvalue weighted by molar-refractivity contribution is 6.34. The van der Waals surface area contributed by atoms with Gasteiger partial charge in [-0.1, -0.05) is 50.6 Å². The third-order valence-corrected chi connectivity index (χ3v) is 5.18. The van der Waals surface area contributed by atoms with Gasteiger partial charge in [0.2, 0.25) is 0 Å². The highest BCUT2D eigenvalue weighted by atomic mass is 35.5. The second-order valence-corrected chi connectivity index (χ2v) is 6.75. The molecular weight excluding hydrogens is 308 g/mol. The molecule has 0 bridgehead atoms. The lowest BCUT2D eigenvalue weighted by Gasteiger charge is -2.27. The van der Waals surface area contributed by atoms with Gasteiger partial charge >= 0.3 is 0 Å². The summed E-state index contributed by atoms with van der Waals surface area (Å²) in [5.74, 6) is 1.52. The Morgan fingerprint density at radius 2 is 1.57 bits per heavy atom. The van der Waals surface area contributed by atoms with Crippen LogP contribution in [-0.2, 0) is 5.41 Å². The van der Waals surface area contributed by atoms with Gasteiger partial charge in [0, 0.05) is 5.56 Å². The Balaban J connectivity index is 2.71. The molecule has 0 aliphatic rings. The Morgan fingerprint density at radius 3 is 2.04 bits per heavy atom. The van der Waals surface area contributed by atoms with E-state index in [2.05, 4.69) is 39.8 Å². The molecule has 0 amide bonds. The number of hydrogen-bond donors (Lipinski definition) is 0. The van der Waals surface area contributed by atoms with E-state index in [0.717, 1.165) is 39.6 Å². The Labute approximate surface area is 144 Å². The van der Waals surface area contributed by atoms with Crippen molar-refractivity contribution < 1.29 is 9.47 Å². The summed E-state index contributed by atoms with van der Waals surface area (Å²) in [6.45, 7) is 8.77. The summed E-state index contributed by atoms with van der Waals surface area (Å²) < 4.78 is 11.0. The maximum atomic E-state index is 6.74. The highest BCUT2D eigenvalue weighted by Crippen LogP contribution is 2.44. The first-order valence-corrected chi connectivity index (χ1v) is 8.26. The SMILES string of the molecule is CCC(C)(C)c1ccc(-c2c(OC)cccc2OC)c(Cl)c1C. The Morgan fingerprint density at radius 1 is 1.00 bits per heavy atom. The maximum absolute atomic E-state index is 6.74. The fraction of sp³-hybridized carbons (Fsp3) is 0.400. The molecule has 0 atom stereocenters. The van der Waals surface area contributed by atoms with Crippen molar-refractivity contribution in [3.05, 3.63) is 46.5 Å². The van der Waals surface area contributed by atoms with E-state index in [9.17, 15) is 0 Å². The lowest BCUT2D eigenvalue weighted by Crippen LogP contribution is -2.17. The van der Waals surface area contributed by atoms with Gasteiger partial charge in [0.15, 0.2) is 0 Å². The Kier molecular flexibility index (Phi) is 5.26. The van der Waals surface area contributed by atoms with Crippen LogP contribution >= 0.6 is 11.6 Å². The zero-order valence-corrected chi connectivity index (χ0v) is 15.5. The number of benzene rings is 2. The topological polar surface area (TPSA) is 18.5 Å². The van der Waals surface area contributed by atoms with Crippen LogP contribution in [0.25, 0.3) is 11.1 Å². The van der Waals surface area contributed by atoms with Crippen LogP contribution in [0.4, 0.5) is 0 Å². The van der Waals surface area contributed by atoms with Gasteiger partial charge < -0.3 is 9.47 Å². The molecule has 0 aliphatic carbocycles. The zero-order valence-electron chi connectivity index (χ0n) is 14.8. The lowest BCUT2D eigenvalue weighted by molar-refractivity contribution is 0.397. The molecule has 0 fully saturated rings. The van der Waals surface area contributed by atoms with E-state index in [-0.39, 0.29) is 5.41 Å². The number of halogens is 1. The molecule has 3 heteroatoms. The van der Waals surface area contributed by atoms with Crippen molar-refractivity contribution in [2.75, 3.05) is 14.2 Å². The van der Waals surface area contributed by atoms with Gasteiger partial charge in [-0.3, -0.25) is 0 Å². The van der Waals surface area contributed by atoms with E-state index >= 15 is 0 Å². The van der Waals surface area contributed by atoms with E-state index in [1.54, 1.807) is 14.2 Å². The molecule has 23 heavy (non-hydrogen) atoms. The van der Waals surface area contributed by atoms with Crippen LogP contribution in [0.1, 0.15) is 38.3 Å². The monoisotopic (exact) mass is 332 g/mol. The van der Waals surface area contributed by atoms with Gasteiger partial charge in [-0.2, -0.15) is 0 Å². The molecule has 0 spiro atoms. The first-order valence-electron chi connectivity index (χ1n) is 7.88. The van der Waals surface area contributed by atoms with Crippen molar-refractivity contribution in [1.82, 2.24) is 0 Å². The van der Waals surface area contributed by atoms with Crippen LogP contribution in [0.3, 0.4) is 0 Å². The van der Waals surface area contributed by atoms with Crippen LogP contribution in [0.2, 0.25) is 5.02 Å². The Bertz CT molecular complexity index is 683. The average molecular weight is 333 g/mol. The summed E-state index contributed by atoms with van der Waals surface area (Å²) in [6, 6.07) is 10.0. The number of methoxy groups -OCH3 is 2. The smallest absolute Gasteiger partial charge is 0.130 e. The van der Waals surface area contributed by atoms with Crippen LogP contribution in [0.5, 0.6) is 11.5 Å². The maximum Gasteiger partial charge on any atom is 0.130 e. The van der Waals surface area contributed by atoms with Crippen molar-refractivity contribution in [3.8, 4) is 22.6 Å². The molecule has 2 nitrogen and oxygen atoms in total. The second-order valence-electron chi connectivity index (χ2n) is 6.37. The van der Waals surface area contributed by atoms with E-state index in [0.29, 0.717) is 0 Å².